The number of nitrogens with one attached hydrogen (secondary N) is 1. The molecule has 2 amide bonds. The first-order valence-electron chi connectivity index (χ1n) is 9.09. The van der Waals surface area contributed by atoms with Gasteiger partial charge < -0.3 is 15.1 Å². The summed E-state index contributed by atoms with van der Waals surface area (Å²) in [5, 5.41) is 3.06. The van der Waals surface area contributed by atoms with Gasteiger partial charge in [0.2, 0.25) is 11.8 Å². The van der Waals surface area contributed by atoms with Gasteiger partial charge in [0.05, 0.1) is 11.7 Å². The molecule has 3 heterocycles. The van der Waals surface area contributed by atoms with E-state index in [9.17, 15) is 9.59 Å². The van der Waals surface area contributed by atoms with Crippen LogP contribution in [0.15, 0.2) is 6.07 Å². The third kappa shape index (κ3) is 3.75. The van der Waals surface area contributed by atoms with Crippen LogP contribution in [0.2, 0.25) is 0 Å². The van der Waals surface area contributed by atoms with Gasteiger partial charge in [-0.05, 0) is 32.6 Å². The summed E-state index contributed by atoms with van der Waals surface area (Å²) in [4.78, 5) is 37.3. The van der Waals surface area contributed by atoms with E-state index in [1.807, 2.05) is 29.8 Å². The number of nitrogens with zero attached hydrogens (tertiary/aromatic N) is 4. The van der Waals surface area contributed by atoms with E-state index in [4.69, 9.17) is 0 Å². The Morgan fingerprint density at radius 1 is 1.16 bits per heavy atom. The Hall–Kier alpha value is -2.18. The van der Waals surface area contributed by atoms with Crippen molar-refractivity contribution in [2.45, 2.75) is 45.6 Å². The van der Waals surface area contributed by atoms with Gasteiger partial charge in [-0.2, -0.15) is 0 Å². The minimum absolute atomic E-state index is 0.0166. The maximum absolute atomic E-state index is 13.1. The van der Waals surface area contributed by atoms with Crippen molar-refractivity contribution in [3.05, 3.63) is 17.6 Å². The fourth-order valence-corrected chi connectivity index (χ4v) is 3.90. The Labute approximate surface area is 148 Å². The van der Waals surface area contributed by atoms with Crippen LogP contribution < -0.4 is 5.32 Å². The summed E-state index contributed by atoms with van der Waals surface area (Å²) in [7, 11) is 1.84. The maximum Gasteiger partial charge on any atom is 0.226 e. The number of piperidine rings is 1. The van der Waals surface area contributed by atoms with Crippen LogP contribution in [0.25, 0.3) is 0 Å². The molecule has 0 aliphatic carbocycles. The molecular formula is C18H27N5O2. The molecule has 1 N–H and O–H groups in total. The first-order chi connectivity index (χ1) is 12.0. The second-order valence-electron chi connectivity index (χ2n) is 6.95. The molecule has 2 fully saturated rings. The molecule has 2 saturated heterocycles. The predicted octanol–water partition coefficient (Wildman–Crippen LogP) is 1.75. The number of aromatic nitrogens is 2. The molecule has 0 aromatic carbocycles. The number of carbonyl (C=O) groups excluding carboxylic acids is 2. The molecule has 0 bridgehead atoms. The minimum Gasteiger partial charge on any atom is -0.373 e. The van der Waals surface area contributed by atoms with Gasteiger partial charge in [0.1, 0.15) is 11.6 Å². The number of rotatable bonds is 3. The second-order valence-corrected chi connectivity index (χ2v) is 6.95. The molecule has 7 nitrogen and oxygen atoms in total. The van der Waals surface area contributed by atoms with Gasteiger partial charge in [0.25, 0.3) is 0 Å². The van der Waals surface area contributed by atoms with Crippen molar-refractivity contribution in [1.29, 1.82) is 0 Å². The van der Waals surface area contributed by atoms with Crippen molar-refractivity contribution >= 4 is 17.6 Å². The van der Waals surface area contributed by atoms with Gasteiger partial charge in [-0.1, -0.05) is 0 Å². The lowest BCUT2D eigenvalue weighted by atomic mass is 9.94. The highest BCUT2D eigenvalue weighted by Crippen LogP contribution is 2.34. The molecular weight excluding hydrogens is 318 g/mol. The zero-order chi connectivity index (χ0) is 18.0. The SMILES string of the molecule is CNc1cc([C@@H]2CCCN2C(=O)C2CCN(C(C)=O)CC2)nc(C)n1. The molecule has 7 heteroatoms. The van der Waals surface area contributed by atoms with E-state index < -0.39 is 0 Å². The highest BCUT2D eigenvalue weighted by atomic mass is 16.2. The van der Waals surface area contributed by atoms with E-state index in [1.54, 1.807) is 6.92 Å². The van der Waals surface area contributed by atoms with Crippen LogP contribution in [0.3, 0.4) is 0 Å². The Kier molecular flexibility index (Phi) is 5.20. The number of aryl methyl sites for hydroxylation is 1. The van der Waals surface area contributed by atoms with Crippen LogP contribution in [-0.4, -0.2) is 58.3 Å². The van der Waals surface area contributed by atoms with Crippen LogP contribution in [0.5, 0.6) is 0 Å². The lowest BCUT2D eigenvalue weighted by molar-refractivity contribution is -0.140. The van der Waals surface area contributed by atoms with Crippen molar-refractivity contribution in [1.82, 2.24) is 19.8 Å². The number of anilines is 1. The molecule has 1 aromatic heterocycles. The van der Waals surface area contributed by atoms with Crippen molar-refractivity contribution in [3.63, 3.8) is 0 Å². The molecule has 3 rings (SSSR count). The van der Waals surface area contributed by atoms with E-state index in [-0.39, 0.29) is 23.8 Å². The second kappa shape index (κ2) is 7.37. The first-order valence-corrected chi connectivity index (χ1v) is 9.09. The molecule has 0 radical (unpaired) electrons. The number of hydrogen-bond donors (Lipinski definition) is 1. The number of hydrogen-bond acceptors (Lipinski definition) is 5. The quantitative estimate of drug-likeness (QED) is 0.903. The van der Waals surface area contributed by atoms with Crippen molar-refractivity contribution in [3.8, 4) is 0 Å². The van der Waals surface area contributed by atoms with Crippen LogP contribution in [0, 0.1) is 12.8 Å². The third-order valence-electron chi connectivity index (χ3n) is 5.28. The summed E-state index contributed by atoms with van der Waals surface area (Å²) in [5.41, 5.74) is 0.920. The van der Waals surface area contributed by atoms with Crippen LogP contribution in [-0.2, 0) is 9.59 Å². The molecule has 136 valence electrons. The lowest BCUT2D eigenvalue weighted by Gasteiger charge is -2.34. The van der Waals surface area contributed by atoms with Gasteiger partial charge >= 0.3 is 0 Å². The number of likely N-dealkylation sites (tertiary alicyclic amines) is 2. The van der Waals surface area contributed by atoms with Gasteiger partial charge in [0, 0.05) is 45.6 Å². The highest BCUT2D eigenvalue weighted by Gasteiger charge is 2.36. The molecule has 0 saturated carbocycles. The van der Waals surface area contributed by atoms with Crippen molar-refractivity contribution in [2.24, 2.45) is 5.92 Å². The van der Waals surface area contributed by atoms with E-state index >= 15 is 0 Å². The summed E-state index contributed by atoms with van der Waals surface area (Å²) >= 11 is 0. The summed E-state index contributed by atoms with van der Waals surface area (Å²) < 4.78 is 0. The van der Waals surface area contributed by atoms with Crippen LogP contribution >= 0.6 is 0 Å². The Morgan fingerprint density at radius 3 is 2.52 bits per heavy atom. The number of amides is 2. The topological polar surface area (TPSA) is 78.4 Å². The Morgan fingerprint density at radius 2 is 1.88 bits per heavy atom. The molecule has 0 unspecified atom stereocenters. The molecule has 1 atom stereocenters. The third-order valence-corrected chi connectivity index (χ3v) is 5.28. The van der Waals surface area contributed by atoms with Gasteiger partial charge in [0.15, 0.2) is 0 Å². The van der Waals surface area contributed by atoms with E-state index in [0.29, 0.717) is 13.1 Å². The summed E-state index contributed by atoms with van der Waals surface area (Å²) in [5.74, 6) is 1.84. The highest BCUT2D eigenvalue weighted by molar-refractivity contribution is 5.80. The zero-order valence-corrected chi connectivity index (χ0v) is 15.3. The largest absolute Gasteiger partial charge is 0.373 e. The average Bonchev–Trinajstić information content (AvgIpc) is 3.10. The lowest BCUT2D eigenvalue weighted by Crippen LogP contribution is -2.43. The summed E-state index contributed by atoms with van der Waals surface area (Å²) in [6, 6.07) is 1.98. The van der Waals surface area contributed by atoms with E-state index in [2.05, 4.69) is 15.3 Å². The average molecular weight is 345 g/mol. The maximum atomic E-state index is 13.1. The fourth-order valence-electron chi connectivity index (χ4n) is 3.90. The van der Waals surface area contributed by atoms with Crippen LogP contribution in [0.4, 0.5) is 5.82 Å². The normalized spacial score (nSPS) is 21.5. The van der Waals surface area contributed by atoms with Gasteiger partial charge in [-0.3, -0.25) is 9.59 Å². The standard InChI is InChI=1S/C18H27N5O2/c1-12-20-15(11-17(19-3)21-12)16-5-4-8-23(16)18(25)14-6-9-22(10-7-14)13(2)24/h11,14,16H,4-10H2,1-3H3,(H,19,20,21)/t16-/m0/s1. The fraction of sp³-hybridized carbons (Fsp3) is 0.667. The summed E-state index contributed by atoms with van der Waals surface area (Å²) in [6.07, 6.45) is 3.46. The molecule has 2 aliphatic heterocycles. The molecule has 25 heavy (non-hydrogen) atoms. The van der Waals surface area contributed by atoms with E-state index in [0.717, 1.165) is 49.6 Å². The van der Waals surface area contributed by atoms with Crippen molar-refractivity contribution < 1.29 is 9.59 Å². The van der Waals surface area contributed by atoms with Crippen molar-refractivity contribution in [2.75, 3.05) is 32.0 Å². The Bertz CT molecular complexity index is 655. The molecule has 0 spiro atoms. The minimum atomic E-state index is 0.0166. The predicted molar refractivity (Wildman–Crippen MR) is 95.0 cm³/mol. The van der Waals surface area contributed by atoms with Gasteiger partial charge in [-0.25, -0.2) is 9.97 Å². The van der Waals surface area contributed by atoms with Crippen LogP contribution in [0.1, 0.15) is 50.2 Å². The van der Waals surface area contributed by atoms with Gasteiger partial charge in [-0.15, -0.1) is 0 Å². The number of carbonyl (C=O) groups is 2. The molecule has 2 aliphatic rings. The monoisotopic (exact) mass is 345 g/mol. The Balaban J connectivity index is 1.72. The smallest absolute Gasteiger partial charge is 0.226 e. The first kappa shape index (κ1) is 17.6. The molecule has 1 aromatic rings. The summed E-state index contributed by atoms with van der Waals surface area (Å²) in [6.45, 7) is 5.62. The zero-order valence-electron chi connectivity index (χ0n) is 15.3. The van der Waals surface area contributed by atoms with E-state index in [1.165, 1.54) is 0 Å².